The van der Waals surface area contributed by atoms with E-state index >= 15 is 4.39 Å². The van der Waals surface area contributed by atoms with Gasteiger partial charge in [-0.1, -0.05) is 13.8 Å². The van der Waals surface area contributed by atoms with Crippen molar-refractivity contribution in [3.05, 3.63) is 78.5 Å². The maximum absolute atomic E-state index is 15.3. The van der Waals surface area contributed by atoms with Gasteiger partial charge in [0.05, 0.1) is 31.1 Å². The largest absolute Gasteiger partial charge is 0.493 e. The van der Waals surface area contributed by atoms with Crippen LogP contribution in [-0.2, 0) is 14.3 Å². The summed E-state index contributed by atoms with van der Waals surface area (Å²) in [6.07, 6.45) is 3.45. The van der Waals surface area contributed by atoms with E-state index < -0.39 is 34.8 Å². The minimum atomic E-state index is -0.688. The highest BCUT2D eigenvalue weighted by atomic mass is 19.1. The fourth-order valence-corrected chi connectivity index (χ4v) is 5.98. The van der Waals surface area contributed by atoms with Gasteiger partial charge in [0.25, 0.3) is 0 Å². The average molecular weight is 632 g/mol. The molecule has 1 saturated carbocycles. The van der Waals surface area contributed by atoms with Crippen LogP contribution in [0.1, 0.15) is 26.7 Å². The molecular formula is C35H35F2N3O6. The molecule has 0 bridgehead atoms. The molecule has 2 atom stereocenters. The molecule has 1 aliphatic carbocycles. The van der Waals surface area contributed by atoms with Gasteiger partial charge in [0, 0.05) is 48.3 Å². The van der Waals surface area contributed by atoms with E-state index in [9.17, 15) is 14.0 Å². The van der Waals surface area contributed by atoms with Crippen LogP contribution in [0.3, 0.4) is 0 Å². The van der Waals surface area contributed by atoms with Crippen molar-refractivity contribution >= 4 is 34.1 Å². The van der Waals surface area contributed by atoms with Crippen LogP contribution in [0.25, 0.3) is 10.9 Å². The van der Waals surface area contributed by atoms with Gasteiger partial charge in [-0.25, -0.2) is 8.78 Å². The third kappa shape index (κ3) is 6.60. The second kappa shape index (κ2) is 12.9. The summed E-state index contributed by atoms with van der Waals surface area (Å²) in [5.41, 5.74) is 0.637. The number of halogens is 2. The second-order valence-electron chi connectivity index (χ2n) is 12.2. The van der Waals surface area contributed by atoms with Gasteiger partial charge in [0.2, 0.25) is 11.8 Å². The Kier molecular flexibility index (Phi) is 8.77. The van der Waals surface area contributed by atoms with Crippen molar-refractivity contribution in [3.63, 3.8) is 0 Å². The molecule has 1 aromatic heterocycles. The number of anilines is 2. The third-order valence-electron chi connectivity index (χ3n) is 8.73. The molecule has 2 heterocycles. The Labute approximate surface area is 265 Å². The summed E-state index contributed by atoms with van der Waals surface area (Å²) in [4.78, 5) is 30.5. The molecule has 2 N–H and O–H groups in total. The maximum atomic E-state index is 15.3. The summed E-state index contributed by atoms with van der Waals surface area (Å²) in [6, 6.07) is 14.7. The van der Waals surface area contributed by atoms with Crippen LogP contribution in [0.15, 0.2) is 66.9 Å². The highest BCUT2D eigenvalue weighted by Gasteiger charge is 2.65. The molecule has 4 aromatic rings. The maximum Gasteiger partial charge on any atom is 0.228 e. The number of pyridine rings is 1. The molecule has 11 heteroatoms. The van der Waals surface area contributed by atoms with Crippen LogP contribution in [0.5, 0.6) is 23.0 Å². The number of methoxy groups -OCH3 is 1. The van der Waals surface area contributed by atoms with Crippen LogP contribution in [0, 0.1) is 34.8 Å². The predicted molar refractivity (Wildman–Crippen MR) is 168 cm³/mol. The van der Waals surface area contributed by atoms with Crippen molar-refractivity contribution in [2.24, 2.45) is 23.2 Å². The predicted octanol–water partition coefficient (Wildman–Crippen LogP) is 6.97. The molecule has 9 nitrogen and oxygen atoms in total. The molecule has 2 amide bonds. The molecule has 1 saturated heterocycles. The zero-order valence-electron chi connectivity index (χ0n) is 25.8. The normalized spacial score (nSPS) is 18.9. The van der Waals surface area contributed by atoms with Crippen LogP contribution in [0.4, 0.5) is 20.2 Å². The van der Waals surface area contributed by atoms with Crippen molar-refractivity contribution in [1.29, 1.82) is 0 Å². The molecule has 0 spiro atoms. The van der Waals surface area contributed by atoms with Gasteiger partial charge in [0.15, 0.2) is 23.1 Å². The second-order valence-corrected chi connectivity index (χ2v) is 12.2. The Bertz CT molecular complexity index is 1760. The van der Waals surface area contributed by atoms with Crippen molar-refractivity contribution in [1.82, 2.24) is 4.98 Å². The van der Waals surface area contributed by atoms with Crippen molar-refractivity contribution in [2.75, 3.05) is 37.6 Å². The number of fused-ring (bicyclic) bond motifs is 1. The van der Waals surface area contributed by atoms with E-state index in [1.807, 2.05) is 13.8 Å². The highest BCUT2D eigenvalue weighted by Crippen LogP contribution is 2.59. The van der Waals surface area contributed by atoms with Crippen molar-refractivity contribution in [2.45, 2.75) is 26.7 Å². The fourth-order valence-electron chi connectivity index (χ4n) is 5.98. The number of hydrogen-bond acceptors (Lipinski definition) is 7. The first-order valence-corrected chi connectivity index (χ1v) is 15.2. The summed E-state index contributed by atoms with van der Waals surface area (Å²) in [5.74, 6) is -1.30. The first-order chi connectivity index (χ1) is 22.1. The minimum absolute atomic E-state index is 0.0485. The summed E-state index contributed by atoms with van der Waals surface area (Å²) >= 11 is 0. The smallest absolute Gasteiger partial charge is 0.228 e. The van der Waals surface area contributed by atoms with E-state index in [4.69, 9.17) is 18.9 Å². The summed E-state index contributed by atoms with van der Waals surface area (Å²) < 4.78 is 51.6. The first kappa shape index (κ1) is 31.2. The van der Waals surface area contributed by atoms with Gasteiger partial charge >= 0.3 is 0 Å². The lowest BCUT2D eigenvalue weighted by Gasteiger charge is -2.22. The Balaban J connectivity index is 1.12. The lowest BCUT2D eigenvalue weighted by atomic mass is 10.0. The van der Waals surface area contributed by atoms with Crippen LogP contribution >= 0.6 is 0 Å². The summed E-state index contributed by atoms with van der Waals surface area (Å²) in [6.45, 7) is 5.63. The van der Waals surface area contributed by atoms with Gasteiger partial charge in [-0.15, -0.1) is 0 Å². The van der Waals surface area contributed by atoms with Crippen LogP contribution in [-0.4, -0.2) is 43.7 Å². The number of carbonyl (C=O) groups excluding carboxylic acids is 2. The highest BCUT2D eigenvalue weighted by molar-refractivity contribution is 6.04. The summed E-state index contributed by atoms with van der Waals surface area (Å²) in [5, 5.41) is 6.06. The summed E-state index contributed by atoms with van der Waals surface area (Å²) in [7, 11) is 1.55. The fraction of sp³-hybridized carbons (Fsp3) is 0.343. The molecule has 240 valence electrons. The van der Waals surface area contributed by atoms with Crippen LogP contribution < -0.4 is 24.8 Å². The van der Waals surface area contributed by atoms with Gasteiger partial charge in [-0.2, -0.15) is 0 Å². The van der Waals surface area contributed by atoms with E-state index in [0.29, 0.717) is 46.4 Å². The third-order valence-corrected chi connectivity index (χ3v) is 8.73. The molecule has 2 fully saturated rings. The standard InChI is InChI=1S/C35H35F2N3O6/c1-35(2)31(33(41)39-22-6-4-21(36)5-7-22)32(35)34(42)40-23-8-9-28(25(37)16-23)46-27-10-13-38-26-18-30(29(43-3)17-24(26)27)45-19-20-11-14-44-15-12-20/h4-10,13,16-18,20,31-32H,11-12,14-15,19H2,1-3H3,(H,39,41)(H,40,42)/t31-,32+/m0/s1. The molecule has 6 rings (SSSR count). The number of benzene rings is 3. The SMILES string of the molecule is COc1cc2c(Oc3ccc(NC(=O)[C@H]4[C@@H](C(=O)Nc5ccc(F)cc5)C4(C)C)cc3F)ccnc2cc1OCC1CCOCC1. The molecule has 0 unspecified atom stereocenters. The molecular weight excluding hydrogens is 596 g/mol. The molecule has 46 heavy (non-hydrogen) atoms. The zero-order valence-corrected chi connectivity index (χ0v) is 25.8. The number of aromatic nitrogens is 1. The molecule has 3 aromatic carbocycles. The molecule has 1 aliphatic heterocycles. The number of hydrogen-bond donors (Lipinski definition) is 2. The monoisotopic (exact) mass is 631 g/mol. The molecule has 2 aliphatic rings. The number of rotatable bonds is 10. The average Bonchev–Trinajstić information content (AvgIpc) is 3.64. The van der Waals surface area contributed by atoms with E-state index in [1.165, 1.54) is 42.5 Å². The van der Waals surface area contributed by atoms with Gasteiger partial charge < -0.3 is 29.6 Å². The number of carbonyl (C=O) groups is 2. The van der Waals surface area contributed by atoms with Gasteiger partial charge in [-0.05, 0) is 72.7 Å². The lowest BCUT2D eigenvalue weighted by molar-refractivity contribution is -0.122. The number of nitrogens with one attached hydrogen (secondary N) is 2. The van der Waals surface area contributed by atoms with Crippen LogP contribution in [0.2, 0.25) is 0 Å². The number of amides is 2. The van der Waals surface area contributed by atoms with Crippen molar-refractivity contribution in [3.8, 4) is 23.0 Å². The Morgan fingerprint density at radius 2 is 1.54 bits per heavy atom. The number of ether oxygens (including phenoxy) is 4. The topological polar surface area (TPSA) is 108 Å². The first-order valence-electron chi connectivity index (χ1n) is 15.2. The van der Waals surface area contributed by atoms with E-state index in [2.05, 4.69) is 15.6 Å². The van der Waals surface area contributed by atoms with E-state index in [0.717, 1.165) is 26.1 Å². The van der Waals surface area contributed by atoms with Crippen molar-refractivity contribution < 1.29 is 37.3 Å². The lowest BCUT2D eigenvalue weighted by Crippen LogP contribution is -2.21. The Morgan fingerprint density at radius 1 is 0.870 bits per heavy atom. The minimum Gasteiger partial charge on any atom is -0.493 e. The zero-order chi connectivity index (χ0) is 32.4. The van der Waals surface area contributed by atoms with E-state index in [-0.39, 0.29) is 17.3 Å². The van der Waals surface area contributed by atoms with E-state index in [1.54, 1.807) is 31.5 Å². The number of nitrogens with zero attached hydrogens (tertiary/aromatic N) is 1. The Morgan fingerprint density at radius 3 is 2.22 bits per heavy atom. The van der Waals surface area contributed by atoms with Gasteiger partial charge in [0.1, 0.15) is 11.6 Å². The van der Waals surface area contributed by atoms with Gasteiger partial charge in [-0.3, -0.25) is 14.6 Å². The quantitative estimate of drug-likeness (QED) is 0.195. The molecule has 0 radical (unpaired) electrons. The Hall–Kier alpha value is -4.77.